The van der Waals surface area contributed by atoms with Crippen molar-refractivity contribution in [1.29, 1.82) is 0 Å². The number of rotatable bonds is 6. The number of H-pyrrole nitrogens is 1. The number of fused-ring (bicyclic) bond motifs is 1. The molecule has 0 aliphatic rings. The number of aromatic amines is 1. The van der Waals surface area contributed by atoms with E-state index in [1.807, 2.05) is 24.3 Å². The van der Waals surface area contributed by atoms with Gasteiger partial charge in [-0.1, -0.05) is 12.1 Å². The van der Waals surface area contributed by atoms with Crippen molar-refractivity contribution in [3.05, 3.63) is 54.4 Å². The number of anilines is 1. The first-order valence-electron chi connectivity index (χ1n) is 7.75. The number of aromatic nitrogens is 2. The van der Waals surface area contributed by atoms with E-state index in [2.05, 4.69) is 20.0 Å². The van der Waals surface area contributed by atoms with E-state index in [0.717, 1.165) is 16.9 Å². The lowest BCUT2D eigenvalue weighted by Crippen LogP contribution is -2.26. The highest BCUT2D eigenvalue weighted by atomic mass is 32.2. The number of nitrogens with zero attached hydrogens (tertiary/aromatic N) is 1. The summed E-state index contributed by atoms with van der Waals surface area (Å²) in [4.78, 5) is 18.7. The Balaban J connectivity index is 1.62. The van der Waals surface area contributed by atoms with E-state index in [1.54, 1.807) is 12.1 Å². The zero-order valence-electron chi connectivity index (χ0n) is 13.6. The highest BCUT2D eigenvalue weighted by molar-refractivity contribution is 7.89. The average molecular weight is 358 g/mol. The van der Waals surface area contributed by atoms with Gasteiger partial charge in [-0.2, -0.15) is 0 Å². The Labute approximate surface area is 145 Å². The highest BCUT2D eigenvalue weighted by Crippen LogP contribution is 2.14. The molecule has 0 unspecified atom stereocenters. The van der Waals surface area contributed by atoms with E-state index < -0.39 is 10.0 Å². The van der Waals surface area contributed by atoms with Crippen LogP contribution in [0.15, 0.2) is 53.4 Å². The molecule has 7 nitrogen and oxygen atoms in total. The van der Waals surface area contributed by atoms with Crippen LogP contribution in [0, 0.1) is 0 Å². The average Bonchev–Trinajstić information content (AvgIpc) is 2.97. The Hall–Kier alpha value is -2.71. The lowest BCUT2D eigenvalue weighted by molar-refractivity contribution is -0.114. The lowest BCUT2D eigenvalue weighted by atomic mass is 10.3. The third-order valence-corrected chi connectivity index (χ3v) is 5.05. The summed E-state index contributed by atoms with van der Waals surface area (Å²) in [5, 5.41) is 2.59. The Morgan fingerprint density at radius 1 is 1.12 bits per heavy atom. The maximum absolute atomic E-state index is 12.3. The van der Waals surface area contributed by atoms with Gasteiger partial charge >= 0.3 is 0 Å². The molecule has 3 N–H and O–H groups in total. The molecule has 3 rings (SSSR count). The third kappa shape index (κ3) is 4.23. The number of carbonyl (C=O) groups excluding carboxylic acids is 1. The van der Waals surface area contributed by atoms with Crippen molar-refractivity contribution in [2.75, 3.05) is 11.9 Å². The van der Waals surface area contributed by atoms with Gasteiger partial charge in [-0.25, -0.2) is 18.1 Å². The quantitative estimate of drug-likeness (QED) is 0.627. The fourth-order valence-electron chi connectivity index (χ4n) is 2.43. The Kier molecular flexibility index (Phi) is 4.82. The van der Waals surface area contributed by atoms with Gasteiger partial charge in [-0.05, 0) is 36.4 Å². The minimum absolute atomic E-state index is 0.145. The van der Waals surface area contributed by atoms with Crippen molar-refractivity contribution in [3.8, 4) is 0 Å². The van der Waals surface area contributed by atoms with Crippen molar-refractivity contribution >= 4 is 32.7 Å². The van der Waals surface area contributed by atoms with Crippen LogP contribution < -0.4 is 10.0 Å². The molecule has 0 atom stereocenters. The smallest absolute Gasteiger partial charge is 0.240 e. The second-order valence-corrected chi connectivity index (χ2v) is 7.32. The summed E-state index contributed by atoms with van der Waals surface area (Å²) in [5.41, 5.74) is 2.33. The third-order valence-electron chi connectivity index (χ3n) is 3.58. The fraction of sp³-hybridized carbons (Fsp3) is 0.176. The number of amides is 1. The van der Waals surface area contributed by atoms with E-state index in [4.69, 9.17) is 0 Å². The number of imidazole rings is 1. The molecule has 0 aliphatic heterocycles. The number of nitrogens with one attached hydrogen (secondary N) is 3. The number of hydrogen-bond donors (Lipinski definition) is 3. The molecule has 8 heteroatoms. The van der Waals surface area contributed by atoms with E-state index in [1.165, 1.54) is 19.1 Å². The van der Waals surface area contributed by atoms with E-state index in [-0.39, 0.29) is 17.3 Å². The largest absolute Gasteiger partial charge is 0.342 e. The number of carbonyl (C=O) groups is 1. The van der Waals surface area contributed by atoms with Gasteiger partial charge in [0, 0.05) is 25.6 Å². The number of sulfonamides is 1. The van der Waals surface area contributed by atoms with Crippen LogP contribution in [0.5, 0.6) is 0 Å². The second kappa shape index (κ2) is 7.04. The van der Waals surface area contributed by atoms with Gasteiger partial charge < -0.3 is 10.3 Å². The molecular formula is C17H18N4O3S. The molecular weight excluding hydrogens is 340 g/mol. The first-order chi connectivity index (χ1) is 11.9. The molecule has 0 aliphatic carbocycles. The number of benzene rings is 2. The normalized spacial score (nSPS) is 11.6. The fourth-order valence-corrected chi connectivity index (χ4v) is 3.46. The topological polar surface area (TPSA) is 104 Å². The molecule has 3 aromatic rings. The van der Waals surface area contributed by atoms with Gasteiger partial charge in [0.25, 0.3) is 0 Å². The van der Waals surface area contributed by atoms with Crippen LogP contribution in [0.3, 0.4) is 0 Å². The van der Waals surface area contributed by atoms with Crippen LogP contribution in [0.1, 0.15) is 12.7 Å². The monoisotopic (exact) mass is 358 g/mol. The van der Waals surface area contributed by atoms with Crippen LogP contribution >= 0.6 is 0 Å². The van der Waals surface area contributed by atoms with E-state index in [9.17, 15) is 13.2 Å². The zero-order chi connectivity index (χ0) is 17.9. The molecule has 1 amide bonds. The first kappa shape index (κ1) is 17.1. The number of hydrogen-bond acceptors (Lipinski definition) is 4. The van der Waals surface area contributed by atoms with Crippen molar-refractivity contribution in [1.82, 2.24) is 14.7 Å². The van der Waals surface area contributed by atoms with Crippen LogP contribution in [-0.2, 0) is 21.2 Å². The van der Waals surface area contributed by atoms with Crippen molar-refractivity contribution < 1.29 is 13.2 Å². The maximum atomic E-state index is 12.3. The maximum Gasteiger partial charge on any atom is 0.240 e. The van der Waals surface area contributed by atoms with Crippen molar-refractivity contribution in [3.63, 3.8) is 0 Å². The molecule has 1 aromatic heterocycles. The molecule has 0 bridgehead atoms. The molecule has 2 aromatic carbocycles. The molecule has 0 saturated carbocycles. The van der Waals surface area contributed by atoms with Crippen molar-refractivity contribution in [2.45, 2.75) is 18.2 Å². The summed E-state index contributed by atoms with van der Waals surface area (Å²) in [6.45, 7) is 1.62. The summed E-state index contributed by atoms with van der Waals surface area (Å²) >= 11 is 0. The predicted molar refractivity (Wildman–Crippen MR) is 95.7 cm³/mol. The summed E-state index contributed by atoms with van der Waals surface area (Å²) in [5.74, 6) is 0.518. The Morgan fingerprint density at radius 3 is 2.52 bits per heavy atom. The van der Waals surface area contributed by atoms with Gasteiger partial charge in [0.05, 0.1) is 15.9 Å². The Bertz CT molecular complexity index is 961. The zero-order valence-corrected chi connectivity index (χ0v) is 14.4. The van der Waals surface area contributed by atoms with Crippen LogP contribution in [0.25, 0.3) is 11.0 Å². The summed E-state index contributed by atoms with van der Waals surface area (Å²) < 4.78 is 27.2. The summed E-state index contributed by atoms with van der Waals surface area (Å²) in [7, 11) is -3.61. The predicted octanol–water partition coefficient (Wildman–Crippen LogP) is 2.04. The minimum atomic E-state index is -3.61. The molecule has 0 saturated heterocycles. The Morgan fingerprint density at radius 2 is 1.84 bits per heavy atom. The molecule has 0 radical (unpaired) electrons. The standard InChI is InChI=1S/C17H18N4O3S/c1-12(22)19-13-6-8-14(9-7-13)25(23,24)18-11-10-17-20-15-4-2-3-5-16(15)21-17/h2-9,18H,10-11H2,1H3,(H,19,22)(H,20,21). The highest BCUT2D eigenvalue weighted by Gasteiger charge is 2.14. The van der Waals surface area contributed by atoms with E-state index >= 15 is 0 Å². The molecule has 1 heterocycles. The van der Waals surface area contributed by atoms with Gasteiger partial charge in [0.2, 0.25) is 15.9 Å². The van der Waals surface area contributed by atoms with Crippen LogP contribution in [-0.4, -0.2) is 30.8 Å². The van der Waals surface area contributed by atoms with Gasteiger partial charge in [-0.15, -0.1) is 0 Å². The summed E-state index contributed by atoms with van der Waals surface area (Å²) in [6.07, 6.45) is 0.456. The first-order valence-corrected chi connectivity index (χ1v) is 9.23. The SMILES string of the molecule is CC(=O)Nc1ccc(S(=O)(=O)NCCc2nc3ccccc3[nH]2)cc1. The number of para-hydroxylation sites is 2. The second-order valence-electron chi connectivity index (χ2n) is 5.55. The lowest BCUT2D eigenvalue weighted by Gasteiger charge is -2.07. The summed E-state index contributed by atoms with van der Waals surface area (Å²) in [6, 6.07) is 13.6. The van der Waals surface area contributed by atoms with Crippen LogP contribution in [0.2, 0.25) is 0 Å². The van der Waals surface area contributed by atoms with Gasteiger partial charge in [0.1, 0.15) is 5.82 Å². The minimum Gasteiger partial charge on any atom is -0.342 e. The van der Waals surface area contributed by atoms with Crippen molar-refractivity contribution in [2.24, 2.45) is 0 Å². The molecule has 130 valence electrons. The van der Waals surface area contributed by atoms with Gasteiger partial charge in [0.15, 0.2) is 0 Å². The molecule has 25 heavy (non-hydrogen) atoms. The molecule has 0 spiro atoms. The van der Waals surface area contributed by atoms with Crippen LogP contribution in [0.4, 0.5) is 5.69 Å². The van der Waals surface area contributed by atoms with E-state index in [0.29, 0.717) is 12.1 Å². The van der Waals surface area contributed by atoms with Gasteiger partial charge in [-0.3, -0.25) is 4.79 Å². The molecule has 0 fully saturated rings.